The first-order chi connectivity index (χ1) is 9.29. The Balaban J connectivity index is 2.09. The second-order valence-electron chi connectivity index (χ2n) is 6.60. The second kappa shape index (κ2) is 4.17. The van der Waals surface area contributed by atoms with Crippen LogP contribution in [0.1, 0.15) is 33.6 Å². The second-order valence-corrected chi connectivity index (χ2v) is 7.52. The van der Waals surface area contributed by atoms with Crippen LogP contribution in [0.4, 0.5) is 5.69 Å². The number of nitrogens with zero attached hydrogens (tertiary/aromatic N) is 1. The molecule has 0 N–H and O–H groups in total. The topological polar surface area (TPSA) is 37.4 Å². The number of benzene rings is 1. The normalized spacial score (nSPS) is 31.8. The minimum Gasteiger partial charge on any atom is -0.274 e. The van der Waals surface area contributed by atoms with Crippen molar-refractivity contribution < 1.29 is 9.59 Å². The van der Waals surface area contributed by atoms with Crippen LogP contribution in [0.3, 0.4) is 0 Å². The first kappa shape index (κ1) is 13.8. The fraction of sp³-hybridized carbons (Fsp3) is 0.500. The lowest BCUT2D eigenvalue weighted by molar-refractivity contribution is -0.146. The maximum Gasteiger partial charge on any atom is 0.240 e. The van der Waals surface area contributed by atoms with Gasteiger partial charge in [-0.1, -0.05) is 36.7 Å². The van der Waals surface area contributed by atoms with E-state index in [4.69, 9.17) is 0 Å². The van der Waals surface area contributed by atoms with E-state index in [-0.39, 0.29) is 23.1 Å². The highest BCUT2D eigenvalue weighted by molar-refractivity contribution is 9.10. The Morgan fingerprint density at radius 3 is 2.35 bits per heavy atom. The van der Waals surface area contributed by atoms with E-state index in [0.717, 1.165) is 17.3 Å². The zero-order valence-electron chi connectivity index (χ0n) is 11.9. The number of carbonyl (C=O) groups is 2. The Labute approximate surface area is 127 Å². The molecule has 1 saturated heterocycles. The van der Waals surface area contributed by atoms with E-state index in [1.165, 1.54) is 4.90 Å². The molecule has 20 heavy (non-hydrogen) atoms. The van der Waals surface area contributed by atoms with Crippen LogP contribution < -0.4 is 4.90 Å². The van der Waals surface area contributed by atoms with E-state index in [1.807, 2.05) is 31.2 Å². The van der Waals surface area contributed by atoms with Gasteiger partial charge >= 0.3 is 0 Å². The lowest BCUT2D eigenvalue weighted by atomic mass is 9.62. The average Bonchev–Trinajstić information content (AvgIpc) is 2.57. The van der Waals surface area contributed by atoms with E-state index >= 15 is 0 Å². The van der Waals surface area contributed by atoms with Gasteiger partial charge in [0.15, 0.2) is 0 Å². The van der Waals surface area contributed by atoms with Gasteiger partial charge in [0.25, 0.3) is 0 Å². The third-order valence-corrected chi connectivity index (χ3v) is 6.03. The minimum absolute atomic E-state index is 0.0442. The number of fused-ring (bicyclic) bond motifs is 2. The third kappa shape index (κ3) is 1.57. The minimum atomic E-state index is -0.446. The summed E-state index contributed by atoms with van der Waals surface area (Å²) in [5.74, 6) is -0.158. The zero-order chi connectivity index (χ0) is 14.7. The summed E-state index contributed by atoms with van der Waals surface area (Å²) in [6.45, 7) is 6.12. The molecule has 2 aliphatic rings. The van der Waals surface area contributed by atoms with Gasteiger partial charge in [0.05, 0.1) is 11.1 Å². The molecule has 0 aromatic heterocycles. The van der Waals surface area contributed by atoms with Crippen molar-refractivity contribution in [1.29, 1.82) is 0 Å². The molecule has 4 heteroatoms. The van der Waals surface area contributed by atoms with E-state index in [2.05, 4.69) is 29.8 Å². The van der Waals surface area contributed by atoms with Crippen LogP contribution in [-0.2, 0) is 9.59 Å². The first-order valence-corrected chi connectivity index (χ1v) is 7.72. The van der Waals surface area contributed by atoms with Crippen molar-refractivity contribution in [3.05, 3.63) is 28.7 Å². The van der Waals surface area contributed by atoms with Crippen molar-refractivity contribution in [2.24, 2.45) is 16.7 Å². The molecule has 0 spiro atoms. The largest absolute Gasteiger partial charge is 0.274 e. The van der Waals surface area contributed by atoms with Crippen molar-refractivity contribution in [2.75, 3.05) is 4.90 Å². The number of amides is 2. The van der Waals surface area contributed by atoms with Crippen molar-refractivity contribution in [2.45, 2.75) is 33.6 Å². The molecule has 1 aliphatic heterocycles. The molecule has 2 amide bonds. The van der Waals surface area contributed by atoms with Crippen molar-refractivity contribution in [1.82, 2.24) is 0 Å². The molecule has 2 fully saturated rings. The van der Waals surface area contributed by atoms with Crippen molar-refractivity contribution in [3.63, 3.8) is 0 Å². The lowest BCUT2D eigenvalue weighted by Crippen LogP contribution is -2.59. The maximum atomic E-state index is 12.9. The molecule has 3 rings (SSSR count). The van der Waals surface area contributed by atoms with E-state index in [1.54, 1.807) is 0 Å². The maximum absolute atomic E-state index is 12.9. The predicted octanol–water partition coefficient (Wildman–Crippen LogP) is 3.76. The van der Waals surface area contributed by atoms with Gasteiger partial charge in [-0.15, -0.1) is 0 Å². The van der Waals surface area contributed by atoms with Crippen LogP contribution in [-0.4, -0.2) is 11.8 Å². The number of hydrogen-bond donors (Lipinski definition) is 0. The molecule has 1 aromatic carbocycles. The van der Waals surface area contributed by atoms with Gasteiger partial charge < -0.3 is 0 Å². The van der Waals surface area contributed by atoms with Gasteiger partial charge in [-0.05, 0) is 42.5 Å². The molecule has 106 valence electrons. The zero-order valence-corrected chi connectivity index (χ0v) is 13.5. The summed E-state index contributed by atoms with van der Waals surface area (Å²) >= 11 is 3.38. The van der Waals surface area contributed by atoms with Gasteiger partial charge in [-0.2, -0.15) is 0 Å². The van der Waals surface area contributed by atoms with Crippen LogP contribution in [0.25, 0.3) is 0 Å². The van der Waals surface area contributed by atoms with Gasteiger partial charge in [0.2, 0.25) is 11.8 Å². The Kier molecular flexibility index (Phi) is 2.88. The summed E-state index contributed by atoms with van der Waals surface area (Å²) in [5, 5.41) is 0. The summed E-state index contributed by atoms with van der Waals surface area (Å²) in [5.41, 5.74) is -0.0251. The molecular weight excluding hydrogens is 318 g/mol. The van der Waals surface area contributed by atoms with Gasteiger partial charge in [-0.25, -0.2) is 4.90 Å². The van der Waals surface area contributed by atoms with Gasteiger partial charge in [0, 0.05) is 10.4 Å². The van der Waals surface area contributed by atoms with Gasteiger partial charge in [0.1, 0.15) is 0 Å². The molecule has 1 aliphatic carbocycles. The third-order valence-electron chi connectivity index (χ3n) is 5.50. The SMILES string of the molecule is CC1(C)[C@@H]2CC[C@@]1(C)C(=O)N(c1ccc(Br)cc1)C2=O. The summed E-state index contributed by atoms with van der Waals surface area (Å²) in [6, 6.07) is 7.36. The number of hydrogen-bond acceptors (Lipinski definition) is 2. The quantitative estimate of drug-likeness (QED) is 0.732. The summed E-state index contributed by atoms with van der Waals surface area (Å²) in [7, 11) is 0. The molecule has 1 saturated carbocycles. The number of carbonyl (C=O) groups excluding carboxylic acids is 2. The fourth-order valence-electron chi connectivity index (χ4n) is 3.65. The predicted molar refractivity (Wildman–Crippen MR) is 81.2 cm³/mol. The Morgan fingerprint density at radius 2 is 1.75 bits per heavy atom. The molecular formula is C16H18BrNO2. The summed E-state index contributed by atoms with van der Waals surface area (Å²) < 4.78 is 0.938. The van der Waals surface area contributed by atoms with E-state index in [0.29, 0.717) is 5.69 Å². The Morgan fingerprint density at radius 1 is 1.15 bits per heavy atom. The van der Waals surface area contributed by atoms with E-state index < -0.39 is 5.41 Å². The molecule has 0 radical (unpaired) electrons. The smallest absolute Gasteiger partial charge is 0.240 e. The highest BCUT2D eigenvalue weighted by atomic mass is 79.9. The fourth-order valence-corrected chi connectivity index (χ4v) is 3.92. The standard InChI is InChI=1S/C16H18BrNO2/c1-15(2)12-8-9-16(15,3)14(20)18(13(12)19)11-6-4-10(17)5-7-11/h4-7,12H,8-9H2,1-3H3/t12-,16+/m1/s1. The molecule has 2 atom stereocenters. The summed E-state index contributed by atoms with van der Waals surface area (Å²) in [6.07, 6.45) is 1.60. The first-order valence-electron chi connectivity index (χ1n) is 6.93. The van der Waals surface area contributed by atoms with Crippen LogP contribution in [0, 0.1) is 16.7 Å². The van der Waals surface area contributed by atoms with Crippen LogP contribution in [0.15, 0.2) is 28.7 Å². The lowest BCUT2D eigenvalue weighted by Gasteiger charge is -2.47. The highest BCUT2D eigenvalue weighted by Crippen LogP contribution is 2.60. The number of rotatable bonds is 1. The van der Waals surface area contributed by atoms with Crippen LogP contribution >= 0.6 is 15.9 Å². The number of piperidine rings is 1. The molecule has 3 nitrogen and oxygen atoms in total. The van der Waals surface area contributed by atoms with Crippen LogP contribution in [0.2, 0.25) is 0 Å². The van der Waals surface area contributed by atoms with E-state index in [9.17, 15) is 9.59 Å². The van der Waals surface area contributed by atoms with Crippen molar-refractivity contribution >= 4 is 33.4 Å². The number of anilines is 1. The van der Waals surface area contributed by atoms with Crippen molar-refractivity contribution in [3.8, 4) is 0 Å². The monoisotopic (exact) mass is 335 g/mol. The van der Waals surface area contributed by atoms with Crippen LogP contribution in [0.5, 0.6) is 0 Å². The molecule has 1 aromatic rings. The number of halogens is 1. The number of imide groups is 1. The average molecular weight is 336 g/mol. The Bertz CT molecular complexity index is 593. The Hall–Kier alpha value is -1.16. The summed E-state index contributed by atoms with van der Waals surface area (Å²) in [4.78, 5) is 27.0. The molecule has 2 bridgehead atoms. The van der Waals surface area contributed by atoms with Gasteiger partial charge in [-0.3, -0.25) is 9.59 Å². The highest BCUT2D eigenvalue weighted by Gasteiger charge is 2.64. The molecule has 1 heterocycles. The molecule has 0 unspecified atom stereocenters.